The maximum Gasteiger partial charge on any atom is 0.319 e. The highest BCUT2D eigenvalue weighted by molar-refractivity contribution is 5.89. The van der Waals surface area contributed by atoms with Gasteiger partial charge in [-0.3, -0.25) is 4.79 Å². The van der Waals surface area contributed by atoms with Crippen molar-refractivity contribution in [2.24, 2.45) is 0 Å². The summed E-state index contributed by atoms with van der Waals surface area (Å²) in [6.07, 6.45) is 4.54. The smallest absolute Gasteiger partial charge is 0.319 e. The van der Waals surface area contributed by atoms with Crippen LogP contribution in [0.25, 0.3) is 0 Å². The molecule has 2 heterocycles. The molecule has 0 aromatic heterocycles. The number of carbonyl (C=O) groups is 2. The van der Waals surface area contributed by atoms with Crippen LogP contribution in [0.2, 0.25) is 0 Å². The number of benzene rings is 1. The van der Waals surface area contributed by atoms with E-state index >= 15 is 0 Å². The largest absolute Gasteiger partial charge is 0.487 e. The van der Waals surface area contributed by atoms with Crippen molar-refractivity contribution in [2.45, 2.75) is 75.2 Å². The van der Waals surface area contributed by atoms with E-state index in [-0.39, 0.29) is 37.1 Å². The summed E-state index contributed by atoms with van der Waals surface area (Å²) in [6.45, 7) is -0.236. The number of aliphatic hydroxyl groups excluding tert-OH is 1. The van der Waals surface area contributed by atoms with E-state index in [0.29, 0.717) is 17.9 Å². The lowest BCUT2D eigenvalue weighted by Crippen LogP contribution is -2.46. The van der Waals surface area contributed by atoms with Gasteiger partial charge in [0, 0.05) is 23.2 Å². The standard InChI is InChI=1S/C21H28N2O6/c24-11-18-20-16(9-14(28-18)10-19(25)26)15-8-13(6-7-17(15)29-20)23-21(27)22-12-4-2-1-3-5-12/h6-8,12,14,16,18,20,24H,1-5,9-11H2,(H,25,26)(H2,22,23,27)/t14-,16-,18+,20+/m1/s1. The minimum atomic E-state index is -0.931. The van der Waals surface area contributed by atoms with Gasteiger partial charge < -0.3 is 30.3 Å². The summed E-state index contributed by atoms with van der Waals surface area (Å²) in [7, 11) is 0. The molecule has 2 aliphatic heterocycles. The molecule has 2 fully saturated rings. The Morgan fingerprint density at radius 3 is 2.69 bits per heavy atom. The molecule has 3 aliphatic rings. The van der Waals surface area contributed by atoms with Crippen molar-refractivity contribution in [2.75, 3.05) is 11.9 Å². The van der Waals surface area contributed by atoms with Crippen LogP contribution in [-0.2, 0) is 9.53 Å². The summed E-state index contributed by atoms with van der Waals surface area (Å²) in [6, 6.07) is 5.50. The van der Waals surface area contributed by atoms with Gasteiger partial charge in [0.25, 0.3) is 0 Å². The first-order valence-corrected chi connectivity index (χ1v) is 10.4. The molecule has 0 radical (unpaired) electrons. The second-order valence-corrected chi connectivity index (χ2v) is 8.19. The molecule has 29 heavy (non-hydrogen) atoms. The normalized spacial score (nSPS) is 28.7. The Bertz CT molecular complexity index is 764. The topological polar surface area (TPSA) is 117 Å². The molecule has 1 aromatic rings. The van der Waals surface area contributed by atoms with Crippen LogP contribution in [0, 0.1) is 0 Å². The first-order valence-electron chi connectivity index (χ1n) is 10.4. The van der Waals surface area contributed by atoms with Crippen LogP contribution in [0.3, 0.4) is 0 Å². The summed E-state index contributed by atoms with van der Waals surface area (Å²) in [5.74, 6) is -0.321. The number of amides is 2. The van der Waals surface area contributed by atoms with Crippen molar-refractivity contribution in [1.82, 2.24) is 5.32 Å². The van der Waals surface area contributed by atoms with Crippen molar-refractivity contribution in [3.05, 3.63) is 23.8 Å². The van der Waals surface area contributed by atoms with Crippen LogP contribution in [-0.4, -0.2) is 53.2 Å². The molecule has 4 atom stereocenters. The van der Waals surface area contributed by atoms with Crippen molar-refractivity contribution < 1.29 is 29.3 Å². The van der Waals surface area contributed by atoms with Crippen LogP contribution in [0.15, 0.2) is 18.2 Å². The van der Waals surface area contributed by atoms with Gasteiger partial charge in [-0.25, -0.2) is 4.79 Å². The second kappa shape index (κ2) is 8.59. The predicted molar refractivity (Wildman–Crippen MR) is 105 cm³/mol. The summed E-state index contributed by atoms with van der Waals surface area (Å²) < 4.78 is 11.7. The number of hydrogen-bond donors (Lipinski definition) is 4. The number of rotatable bonds is 5. The average molecular weight is 404 g/mol. The first-order chi connectivity index (χ1) is 14.0. The number of aliphatic carboxylic acids is 1. The summed E-state index contributed by atoms with van der Waals surface area (Å²) in [4.78, 5) is 23.5. The fourth-order valence-corrected chi connectivity index (χ4v) is 4.76. The third kappa shape index (κ3) is 4.48. The quantitative estimate of drug-likeness (QED) is 0.599. The molecule has 4 rings (SSSR count). The molecule has 0 bridgehead atoms. The zero-order valence-electron chi connectivity index (χ0n) is 16.3. The Hall–Kier alpha value is -2.32. The molecule has 0 spiro atoms. The van der Waals surface area contributed by atoms with Crippen molar-refractivity contribution >= 4 is 17.7 Å². The maximum absolute atomic E-state index is 12.4. The number of aliphatic hydroxyl groups is 1. The van der Waals surface area contributed by atoms with E-state index in [2.05, 4.69) is 10.6 Å². The molecule has 1 saturated carbocycles. The van der Waals surface area contributed by atoms with E-state index in [1.807, 2.05) is 12.1 Å². The monoisotopic (exact) mass is 404 g/mol. The van der Waals surface area contributed by atoms with Gasteiger partial charge in [0.05, 0.1) is 19.1 Å². The molecular weight excluding hydrogens is 376 g/mol. The number of hydrogen-bond acceptors (Lipinski definition) is 5. The molecule has 1 aliphatic carbocycles. The van der Waals surface area contributed by atoms with Crippen molar-refractivity contribution in [3.63, 3.8) is 0 Å². The average Bonchev–Trinajstić information content (AvgIpc) is 3.05. The predicted octanol–water partition coefficient (Wildman–Crippen LogP) is 2.61. The molecule has 1 aromatic carbocycles. The molecule has 4 N–H and O–H groups in total. The molecule has 8 nitrogen and oxygen atoms in total. The lowest BCUT2D eigenvalue weighted by atomic mass is 9.84. The van der Waals surface area contributed by atoms with Gasteiger partial charge in [-0.15, -0.1) is 0 Å². The highest BCUT2D eigenvalue weighted by atomic mass is 16.6. The zero-order valence-corrected chi connectivity index (χ0v) is 16.3. The van der Waals surface area contributed by atoms with E-state index in [0.717, 1.165) is 31.2 Å². The molecule has 8 heteroatoms. The molecule has 2 amide bonds. The number of urea groups is 1. The Labute approximate surface area is 169 Å². The van der Waals surface area contributed by atoms with E-state index in [1.165, 1.54) is 6.42 Å². The highest BCUT2D eigenvalue weighted by Gasteiger charge is 2.46. The fourth-order valence-electron chi connectivity index (χ4n) is 4.76. The Morgan fingerprint density at radius 1 is 1.17 bits per heavy atom. The minimum absolute atomic E-state index is 0.0802. The fraction of sp³-hybridized carbons (Fsp3) is 0.619. The second-order valence-electron chi connectivity index (χ2n) is 8.19. The van der Waals surface area contributed by atoms with Crippen LogP contribution in [0.1, 0.15) is 56.4 Å². The summed E-state index contributed by atoms with van der Waals surface area (Å²) in [5, 5.41) is 24.7. The molecule has 0 unspecified atom stereocenters. The SMILES string of the molecule is O=C(O)C[C@H]1C[C@@H]2c3cc(NC(=O)NC4CCCCC4)ccc3O[C@@H]2[C@H](CO)O1. The number of fused-ring (bicyclic) bond motifs is 3. The first kappa shape index (κ1) is 20.0. The number of anilines is 1. The van der Waals surface area contributed by atoms with Gasteiger partial charge in [0.15, 0.2) is 0 Å². The van der Waals surface area contributed by atoms with Crippen molar-refractivity contribution in [3.8, 4) is 5.75 Å². The van der Waals surface area contributed by atoms with Crippen LogP contribution >= 0.6 is 0 Å². The Kier molecular flexibility index (Phi) is 5.91. The summed E-state index contributed by atoms with van der Waals surface area (Å²) in [5.41, 5.74) is 1.59. The third-order valence-electron chi connectivity index (χ3n) is 6.10. The highest BCUT2D eigenvalue weighted by Crippen LogP contribution is 2.47. The van der Waals surface area contributed by atoms with Gasteiger partial charge in [0.1, 0.15) is 18.0 Å². The number of ether oxygens (including phenoxy) is 2. The van der Waals surface area contributed by atoms with Crippen molar-refractivity contribution in [1.29, 1.82) is 0 Å². The number of carboxylic acids is 1. The van der Waals surface area contributed by atoms with E-state index in [1.54, 1.807) is 6.07 Å². The Morgan fingerprint density at radius 2 is 1.97 bits per heavy atom. The lowest BCUT2D eigenvalue weighted by molar-refractivity contribution is -0.153. The van der Waals surface area contributed by atoms with E-state index in [4.69, 9.17) is 14.6 Å². The van der Waals surface area contributed by atoms with E-state index < -0.39 is 18.2 Å². The van der Waals surface area contributed by atoms with E-state index in [9.17, 15) is 14.7 Å². The van der Waals surface area contributed by atoms with Gasteiger partial charge in [0.2, 0.25) is 0 Å². The Balaban J connectivity index is 1.46. The maximum atomic E-state index is 12.4. The van der Waals surface area contributed by atoms with Gasteiger partial charge >= 0.3 is 12.0 Å². The number of carboxylic acid groups (broad SMARTS) is 1. The number of carbonyl (C=O) groups excluding carboxylic acids is 1. The molecule has 158 valence electrons. The van der Waals surface area contributed by atoms with Crippen LogP contribution in [0.4, 0.5) is 10.5 Å². The summed E-state index contributed by atoms with van der Waals surface area (Å²) >= 11 is 0. The van der Waals surface area contributed by atoms with Crippen LogP contribution < -0.4 is 15.4 Å². The third-order valence-corrected chi connectivity index (χ3v) is 6.10. The molecular formula is C21H28N2O6. The van der Waals surface area contributed by atoms with Gasteiger partial charge in [-0.1, -0.05) is 19.3 Å². The van der Waals surface area contributed by atoms with Crippen LogP contribution in [0.5, 0.6) is 5.75 Å². The molecule has 1 saturated heterocycles. The lowest BCUT2D eigenvalue weighted by Gasteiger charge is -2.36. The van der Waals surface area contributed by atoms with Gasteiger partial charge in [-0.05, 0) is 37.5 Å². The minimum Gasteiger partial charge on any atom is -0.487 e. The number of nitrogens with one attached hydrogen (secondary N) is 2. The van der Waals surface area contributed by atoms with Gasteiger partial charge in [-0.2, -0.15) is 0 Å². The zero-order chi connectivity index (χ0) is 20.4.